The predicted octanol–water partition coefficient (Wildman–Crippen LogP) is 1.45. The Morgan fingerprint density at radius 1 is 1.58 bits per heavy atom. The Morgan fingerprint density at radius 2 is 2.21 bits per heavy atom. The topological polar surface area (TPSA) is 127 Å². The Labute approximate surface area is 117 Å². The van der Waals surface area contributed by atoms with Crippen LogP contribution in [0.2, 0.25) is 4.34 Å². The van der Waals surface area contributed by atoms with E-state index >= 15 is 0 Å². The molecular weight excluding hydrogens is 320 g/mol. The standard InChI is InChI=1S/C8H9ClN2O6S2/c9-8-5(11(14)15)4-7(18-8)19(16,17)10-3-1-2-6(12)13/h4,10H,1-3H2,(H,12,13). The second kappa shape index (κ2) is 6.28. The van der Waals surface area contributed by atoms with Crippen molar-refractivity contribution in [3.8, 4) is 0 Å². The van der Waals surface area contributed by atoms with Crippen molar-refractivity contribution in [2.24, 2.45) is 0 Å². The van der Waals surface area contributed by atoms with Crippen LogP contribution >= 0.6 is 22.9 Å². The fourth-order valence-electron chi connectivity index (χ4n) is 1.11. The molecule has 0 saturated heterocycles. The van der Waals surface area contributed by atoms with Crippen molar-refractivity contribution in [2.75, 3.05) is 6.54 Å². The number of nitro groups is 1. The number of nitrogens with zero attached hydrogens (tertiary/aromatic N) is 1. The van der Waals surface area contributed by atoms with Crippen molar-refractivity contribution in [1.29, 1.82) is 0 Å². The van der Waals surface area contributed by atoms with Gasteiger partial charge in [-0.15, -0.1) is 11.3 Å². The van der Waals surface area contributed by atoms with Gasteiger partial charge < -0.3 is 5.11 Å². The number of carboxylic acid groups (broad SMARTS) is 1. The summed E-state index contributed by atoms with van der Waals surface area (Å²) in [7, 11) is -3.91. The van der Waals surface area contributed by atoms with Crippen molar-refractivity contribution in [3.63, 3.8) is 0 Å². The largest absolute Gasteiger partial charge is 0.481 e. The summed E-state index contributed by atoms with van der Waals surface area (Å²) in [6.45, 7) is -0.0715. The number of nitrogens with one attached hydrogen (secondary N) is 1. The Morgan fingerprint density at radius 3 is 2.68 bits per heavy atom. The van der Waals surface area contributed by atoms with Gasteiger partial charge in [-0.25, -0.2) is 13.1 Å². The van der Waals surface area contributed by atoms with Gasteiger partial charge in [-0.1, -0.05) is 11.6 Å². The molecule has 0 aliphatic rings. The van der Waals surface area contributed by atoms with E-state index in [0.29, 0.717) is 11.3 Å². The molecule has 1 aromatic rings. The molecule has 1 aromatic heterocycles. The molecule has 0 amide bonds. The normalized spacial score (nSPS) is 11.4. The van der Waals surface area contributed by atoms with Crippen LogP contribution in [0.25, 0.3) is 0 Å². The van der Waals surface area contributed by atoms with Gasteiger partial charge in [0.1, 0.15) is 4.21 Å². The first-order valence-corrected chi connectivity index (χ1v) is 7.57. The zero-order chi connectivity index (χ0) is 14.6. The maximum Gasteiger partial charge on any atom is 0.303 e. The molecule has 0 spiro atoms. The molecule has 0 unspecified atom stereocenters. The Kier molecular flexibility index (Phi) is 5.23. The highest BCUT2D eigenvalue weighted by molar-refractivity contribution is 7.91. The Hall–Kier alpha value is -1.23. The lowest BCUT2D eigenvalue weighted by molar-refractivity contribution is -0.384. The van der Waals surface area contributed by atoms with Gasteiger partial charge in [0.25, 0.3) is 5.69 Å². The highest BCUT2D eigenvalue weighted by Crippen LogP contribution is 2.35. The van der Waals surface area contributed by atoms with Gasteiger partial charge >= 0.3 is 5.97 Å². The molecule has 106 valence electrons. The lowest BCUT2D eigenvalue weighted by Gasteiger charge is -2.02. The van der Waals surface area contributed by atoms with Crippen molar-refractivity contribution in [1.82, 2.24) is 4.72 Å². The number of carboxylic acids is 1. The van der Waals surface area contributed by atoms with Crippen LogP contribution < -0.4 is 4.72 Å². The highest BCUT2D eigenvalue weighted by atomic mass is 35.5. The summed E-state index contributed by atoms with van der Waals surface area (Å²) in [5, 5.41) is 18.9. The molecule has 11 heteroatoms. The highest BCUT2D eigenvalue weighted by Gasteiger charge is 2.24. The van der Waals surface area contributed by atoms with Crippen LogP contribution in [-0.2, 0) is 14.8 Å². The zero-order valence-corrected chi connectivity index (χ0v) is 11.7. The van der Waals surface area contributed by atoms with Gasteiger partial charge in [0, 0.05) is 19.0 Å². The van der Waals surface area contributed by atoms with Crippen LogP contribution in [0.1, 0.15) is 12.8 Å². The summed E-state index contributed by atoms with van der Waals surface area (Å²) in [5.74, 6) is -1.03. The first-order chi connectivity index (χ1) is 8.74. The lowest BCUT2D eigenvalue weighted by Crippen LogP contribution is -2.24. The summed E-state index contributed by atoms with van der Waals surface area (Å²) in [6, 6.07) is 0.868. The molecule has 0 fully saturated rings. The Bertz CT molecular complexity index is 596. The first kappa shape index (κ1) is 15.8. The average Bonchev–Trinajstić information content (AvgIpc) is 2.67. The molecular formula is C8H9ClN2O6S2. The van der Waals surface area contributed by atoms with E-state index < -0.39 is 26.6 Å². The molecule has 0 aliphatic heterocycles. The molecule has 0 aromatic carbocycles. The van der Waals surface area contributed by atoms with Gasteiger partial charge in [0.2, 0.25) is 10.0 Å². The quantitative estimate of drug-likeness (QED) is 0.443. The monoisotopic (exact) mass is 328 g/mol. The van der Waals surface area contributed by atoms with Crippen LogP contribution in [0.5, 0.6) is 0 Å². The van der Waals surface area contributed by atoms with E-state index in [9.17, 15) is 23.3 Å². The van der Waals surface area contributed by atoms with E-state index in [1.807, 2.05) is 0 Å². The van der Waals surface area contributed by atoms with E-state index in [0.717, 1.165) is 6.07 Å². The fourth-order valence-corrected chi connectivity index (χ4v) is 3.90. The number of hydrogen-bond donors (Lipinski definition) is 2. The molecule has 2 N–H and O–H groups in total. The van der Waals surface area contributed by atoms with Crippen LogP contribution in [0.4, 0.5) is 5.69 Å². The third-order valence-corrected chi connectivity index (χ3v) is 5.24. The van der Waals surface area contributed by atoms with Gasteiger partial charge in [-0.05, 0) is 6.42 Å². The summed E-state index contributed by atoms with van der Waals surface area (Å²) < 4.78 is 25.1. The van der Waals surface area contributed by atoms with Gasteiger partial charge in [0.15, 0.2) is 4.34 Å². The summed E-state index contributed by atoms with van der Waals surface area (Å²) in [4.78, 5) is 20.0. The van der Waals surface area contributed by atoms with Crippen molar-refractivity contribution < 1.29 is 23.2 Å². The van der Waals surface area contributed by atoms with E-state index in [2.05, 4.69) is 4.72 Å². The maximum absolute atomic E-state index is 11.7. The van der Waals surface area contributed by atoms with E-state index in [4.69, 9.17) is 16.7 Å². The molecule has 0 saturated carbocycles. The maximum atomic E-state index is 11.7. The number of carbonyl (C=O) groups is 1. The summed E-state index contributed by atoms with van der Waals surface area (Å²) in [6.07, 6.45) is -0.0520. The van der Waals surface area contributed by atoms with Gasteiger partial charge in [-0.3, -0.25) is 14.9 Å². The first-order valence-electron chi connectivity index (χ1n) is 4.89. The second-order valence-electron chi connectivity index (χ2n) is 3.38. The molecule has 1 rings (SSSR count). The zero-order valence-electron chi connectivity index (χ0n) is 9.33. The van der Waals surface area contributed by atoms with Crippen LogP contribution in [-0.4, -0.2) is 31.0 Å². The minimum Gasteiger partial charge on any atom is -0.481 e. The van der Waals surface area contributed by atoms with Crippen molar-refractivity contribution in [2.45, 2.75) is 17.1 Å². The second-order valence-corrected chi connectivity index (χ2v) is 7.02. The molecule has 19 heavy (non-hydrogen) atoms. The van der Waals surface area contributed by atoms with Crippen molar-refractivity contribution >= 4 is 44.6 Å². The molecule has 0 bridgehead atoms. The van der Waals surface area contributed by atoms with E-state index in [1.54, 1.807) is 0 Å². The number of halogens is 1. The average molecular weight is 329 g/mol. The van der Waals surface area contributed by atoms with E-state index in [1.165, 1.54) is 0 Å². The minimum atomic E-state index is -3.91. The van der Waals surface area contributed by atoms with Crippen LogP contribution in [0.3, 0.4) is 0 Å². The van der Waals surface area contributed by atoms with Crippen molar-refractivity contribution in [3.05, 3.63) is 20.5 Å². The number of thiophene rings is 1. The number of rotatable bonds is 7. The molecule has 1 heterocycles. The lowest BCUT2D eigenvalue weighted by atomic mass is 10.3. The molecule has 0 radical (unpaired) electrons. The third kappa shape index (κ3) is 4.42. The Balaban J connectivity index is 2.75. The summed E-state index contributed by atoms with van der Waals surface area (Å²) in [5.41, 5.74) is -0.474. The third-order valence-electron chi connectivity index (χ3n) is 1.97. The van der Waals surface area contributed by atoms with Gasteiger partial charge in [-0.2, -0.15) is 0 Å². The van der Waals surface area contributed by atoms with Gasteiger partial charge in [0.05, 0.1) is 4.92 Å². The molecule has 8 nitrogen and oxygen atoms in total. The SMILES string of the molecule is O=C(O)CCCNS(=O)(=O)c1cc([N+](=O)[O-])c(Cl)s1. The predicted molar refractivity (Wildman–Crippen MR) is 68.0 cm³/mol. The number of sulfonamides is 1. The van der Waals surface area contributed by atoms with E-state index in [-0.39, 0.29) is 27.9 Å². The minimum absolute atomic E-state index is 0.0715. The number of hydrogen-bond acceptors (Lipinski definition) is 6. The number of aliphatic carboxylic acids is 1. The van der Waals surface area contributed by atoms with Crippen LogP contribution in [0.15, 0.2) is 10.3 Å². The summed E-state index contributed by atoms with van der Waals surface area (Å²) >= 11 is 6.13. The van der Waals surface area contributed by atoms with Crippen LogP contribution in [0, 0.1) is 10.1 Å². The smallest absolute Gasteiger partial charge is 0.303 e. The molecule has 0 atom stereocenters. The molecule has 0 aliphatic carbocycles. The fraction of sp³-hybridized carbons (Fsp3) is 0.375.